The molecule has 0 saturated heterocycles. The zero-order chi connectivity index (χ0) is 11.9. The lowest BCUT2D eigenvalue weighted by Gasteiger charge is -2.19. The molecule has 2 aromatic rings. The molecule has 0 bridgehead atoms. The van der Waals surface area contributed by atoms with Crippen molar-refractivity contribution in [3.8, 4) is 0 Å². The van der Waals surface area contributed by atoms with E-state index in [4.69, 9.17) is 0 Å². The van der Waals surface area contributed by atoms with Crippen LogP contribution in [0, 0.1) is 0 Å². The van der Waals surface area contributed by atoms with Crippen LogP contribution < -0.4 is 4.90 Å². The number of hydrogen-bond acceptors (Lipinski definition) is 1. The molecule has 0 aliphatic rings. The van der Waals surface area contributed by atoms with Gasteiger partial charge in [0, 0.05) is 36.9 Å². The first-order valence-electron chi connectivity index (χ1n) is 4.75. The molecule has 0 fully saturated rings. The van der Waals surface area contributed by atoms with Gasteiger partial charge in [-0.2, -0.15) is 13.2 Å². The van der Waals surface area contributed by atoms with E-state index in [1.165, 1.54) is 11.0 Å². The summed E-state index contributed by atoms with van der Waals surface area (Å²) in [7, 11) is 3.20. The lowest BCUT2D eigenvalue weighted by Crippen LogP contribution is -2.16. The highest BCUT2D eigenvalue weighted by Crippen LogP contribution is 2.38. The van der Waals surface area contributed by atoms with Crippen LogP contribution in [0.15, 0.2) is 24.4 Å². The van der Waals surface area contributed by atoms with Gasteiger partial charge in [-0.25, -0.2) is 0 Å². The number of aromatic nitrogens is 1. The second-order valence-electron chi connectivity index (χ2n) is 3.83. The number of nitrogens with one attached hydrogen (secondary N) is 1. The molecule has 0 unspecified atom stereocenters. The second-order valence-corrected chi connectivity index (χ2v) is 3.83. The molecule has 5 heteroatoms. The molecule has 1 aromatic carbocycles. The first-order chi connectivity index (χ1) is 7.39. The molecule has 1 N–H and O–H groups in total. The molecule has 0 aliphatic heterocycles. The molecule has 0 aliphatic carbocycles. The number of aromatic amines is 1. The summed E-state index contributed by atoms with van der Waals surface area (Å²) in [4.78, 5) is 4.25. The fourth-order valence-corrected chi connectivity index (χ4v) is 1.69. The van der Waals surface area contributed by atoms with Crippen molar-refractivity contribution in [2.24, 2.45) is 0 Å². The molecule has 0 radical (unpaired) electrons. The number of anilines is 1. The molecule has 16 heavy (non-hydrogen) atoms. The monoisotopic (exact) mass is 228 g/mol. The quantitative estimate of drug-likeness (QED) is 0.793. The van der Waals surface area contributed by atoms with Crippen LogP contribution in [-0.4, -0.2) is 19.1 Å². The summed E-state index contributed by atoms with van der Waals surface area (Å²) in [5.41, 5.74) is 0.0602. The Kier molecular flexibility index (Phi) is 2.33. The number of fused-ring (bicyclic) bond motifs is 1. The van der Waals surface area contributed by atoms with Crippen LogP contribution in [0.1, 0.15) is 5.56 Å². The lowest BCUT2D eigenvalue weighted by atomic mass is 10.1. The molecule has 0 saturated carbocycles. The standard InChI is InChI=1S/C11H11F3N2/c1-16(2)10-5-7-3-4-15-9(7)6-8(10)11(12,13)14/h3-6,15H,1-2H3. The van der Waals surface area contributed by atoms with Gasteiger partial charge in [0.1, 0.15) is 0 Å². The summed E-state index contributed by atoms with van der Waals surface area (Å²) in [5, 5.41) is 0.775. The fraction of sp³-hybridized carbons (Fsp3) is 0.273. The highest BCUT2D eigenvalue weighted by atomic mass is 19.4. The maximum absolute atomic E-state index is 12.8. The van der Waals surface area contributed by atoms with E-state index in [9.17, 15) is 13.2 Å². The normalized spacial score (nSPS) is 12.1. The predicted molar refractivity (Wildman–Crippen MR) is 57.6 cm³/mol. The first-order valence-corrected chi connectivity index (χ1v) is 4.75. The molecule has 0 amide bonds. The third-order valence-corrected chi connectivity index (χ3v) is 2.46. The number of H-pyrrole nitrogens is 1. The maximum atomic E-state index is 12.8. The van der Waals surface area contributed by atoms with E-state index in [0.717, 1.165) is 11.5 Å². The molecule has 0 spiro atoms. The van der Waals surface area contributed by atoms with Gasteiger partial charge in [0.15, 0.2) is 0 Å². The summed E-state index contributed by atoms with van der Waals surface area (Å²) in [6.07, 6.45) is -2.71. The summed E-state index contributed by atoms with van der Waals surface area (Å²) in [6.45, 7) is 0. The molecule has 86 valence electrons. The van der Waals surface area contributed by atoms with Crippen LogP contribution in [0.2, 0.25) is 0 Å². The van der Waals surface area contributed by atoms with E-state index >= 15 is 0 Å². The van der Waals surface area contributed by atoms with Crippen molar-refractivity contribution >= 4 is 16.6 Å². The summed E-state index contributed by atoms with van der Waals surface area (Å²) < 4.78 is 38.4. The van der Waals surface area contributed by atoms with Crippen molar-refractivity contribution in [3.05, 3.63) is 30.0 Å². The van der Waals surface area contributed by atoms with Crippen molar-refractivity contribution in [1.82, 2.24) is 4.98 Å². The summed E-state index contributed by atoms with van der Waals surface area (Å²) in [6, 6.07) is 4.43. The topological polar surface area (TPSA) is 19.0 Å². The Morgan fingerprint density at radius 3 is 2.44 bits per heavy atom. The number of benzene rings is 1. The van der Waals surface area contributed by atoms with E-state index < -0.39 is 11.7 Å². The summed E-state index contributed by atoms with van der Waals surface area (Å²) in [5.74, 6) is 0. The Morgan fingerprint density at radius 1 is 1.19 bits per heavy atom. The SMILES string of the molecule is CN(C)c1cc2cc[nH]c2cc1C(F)(F)F. The van der Waals surface area contributed by atoms with Crippen LogP contribution >= 0.6 is 0 Å². The molecule has 1 heterocycles. The minimum absolute atomic E-state index is 0.180. The Labute approximate surface area is 90.7 Å². The zero-order valence-electron chi connectivity index (χ0n) is 8.89. The smallest absolute Gasteiger partial charge is 0.377 e. The minimum Gasteiger partial charge on any atom is -0.377 e. The van der Waals surface area contributed by atoms with E-state index in [0.29, 0.717) is 5.52 Å². The van der Waals surface area contributed by atoms with E-state index in [2.05, 4.69) is 4.98 Å². The predicted octanol–water partition coefficient (Wildman–Crippen LogP) is 3.25. The van der Waals surface area contributed by atoms with Crippen molar-refractivity contribution < 1.29 is 13.2 Å². The molecule has 2 nitrogen and oxygen atoms in total. The van der Waals surface area contributed by atoms with Gasteiger partial charge in [-0.3, -0.25) is 0 Å². The Morgan fingerprint density at radius 2 is 1.88 bits per heavy atom. The minimum atomic E-state index is -4.33. The maximum Gasteiger partial charge on any atom is 0.418 e. The van der Waals surface area contributed by atoms with E-state index in [-0.39, 0.29) is 5.69 Å². The highest BCUT2D eigenvalue weighted by Gasteiger charge is 2.34. The largest absolute Gasteiger partial charge is 0.418 e. The van der Waals surface area contributed by atoms with E-state index in [1.807, 2.05) is 0 Å². The highest BCUT2D eigenvalue weighted by molar-refractivity contribution is 5.85. The van der Waals surface area contributed by atoms with Gasteiger partial charge >= 0.3 is 6.18 Å². The molecular weight excluding hydrogens is 217 g/mol. The van der Waals surface area contributed by atoms with Crippen molar-refractivity contribution in [1.29, 1.82) is 0 Å². The average Bonchev–Trinajstić information content (AvgIpc) is 2.60. The fourth-order valence-electron chi connectivity index (χ4n) is 1.69. The molecular formula is C11H11F3N2. The third kappa shape index (κ3) is 1.73. The third-order valence-electron chi connectivity index (χ3n) is 2.46. The Balaban J connectivity index is 2.72. The van der Waals surface area contributed by atoms with Crippen LogP contribution in [0.4, 0.5) is 18.9 Å². The lowest BCUT2D eigenvalue weighted by molar-refractivity contribution is -0.137. The number of halogens is 3. The van der Waals surface area contributed by atoms with Crippen molar-refractivity contribution in [3.63, 3.8) is 0 Å². The van der Waals surface area contributed by atoms with Crippen LogP contribution in [-0.2, 0) is 6.18 Å². The Hall–Kier alpha value is -1.65. The van der Waals surface area contributed by atoms with Crippen molar-refractivity contribution in [2.45, 2.75) is 6.18 Å². The summed E-state index contributed by atoms with van der Waals surface area (Å²) >= 11 is 0. The van der Waals surface area contributed by atoms with Gasteiger partial charge in [-0.05, 0) is 18.2 Å². The number of nitrogens with zero attached hydrogens (tertiary/aromatic N) is 1. The van der Waals surface area contributed by atoms with Crippen LogP contribution in [0.3, 0.4) is 0 Å². The van der Waals surface area contributed by atoms with Gasteiger partial charge in [0.05, 0.1) is 5.56 Å². The average molecular weight is 228 g/mol. The van der Waals surface area contributed by atoms with Gasteiger partial charge in [-0.1, -0.05) is 0 Å². The molecule has 2 rings (SSSR count). The Bertz CT molecular complexity index is 511. The van der Waals surface area contributed by atoms with Crippen LogP contribution in [0.25, 0.3) is 10.9 Å². The van der Waals surface area contributed by atoms with Gasteiger partial charge < -0.3 is 9.88 Å². The second kappa shape index (κ2) is 3.43. The zero-order valence-corrected chi connectivity index (χ0v) is 8.89. The number of alkyl halides is 3. The van der Waals surface area contributed by atoms with Gasteiger partial charge in [-0.15, -0.1) is 0 Å². The first kappa shape index (κ1) is 10.9. The molecule has 1 aromatic heterocycles. The van der Waals surface area contributed by atoms with Gasteiger partial charge in [0.2, 0.25) is 0 Å². The van der Waals surface area contributed by atoms with Gasteiger partial charge in [0.25, 0.3) is 0 Å². The van der Waals surface area contributed by atoms with Crippen molar-refractivity contribution in [2.75, 3.05) is 19.0 Å². The molecule has 0 atom stereocenters. The number of rotatable bonds is 1. The van der Waals surface area contributed by atoms with Crippen LogP contribution in [0.5, 0.6) is 0 Å². The number of hydrogen-bond donors (Lipinski definition) is 1. The van der Waals surface area contributed by atoms with E-state index in [1.54, 1.807) is 26.4 Å².